The molecule has 2 aliphatic rings. The average molecular weight is 434 g/mol. The summed E-state index contributed by atoms with van der Waals surface area (Å²) in [5.74, 6) is 0. The average Bonchev–Trinajstić information content (AvgIpc) is 3.32. The van der Waals surface area contributed by atoms with Gasteiger partial charge in [-0.05, 0) is 22.8 Å². The smallest absolute Gasteiger partial charge is 0.211 e. The Morgan fingerprint density at radius 1 is 1.13 bits per heavy atom. The van der Waals surface area contributed by atoms with Gasteiger partial charge in [0.1, 0.15) is 0 Å². The first kappa shape index (κ1) is 19.9. The molecule has 2 aromatic carbocycles. The molecule has 0 bridgehead atoms. The fourth-order valence-electron chi connectivity index (χ4n) is 4.34. The number of nitrogens with zero attached hydrogens (tertiary/aromatic N) is 5. The molecule has 0 unspecified atom stereocenters. The van der Waals surface area contributed by atoms with Crippen LogP contribution >= 0.6 is 0 Å². The third-order valence-electron chi connectivity index (χ3n) is 6.10. The number of hydrogen-bond donors (Lipinski definition) is 0. The molecule has 0 atom stereocenters. The van der Waals surface area contributed by atoms with E-state index >= 15 is 0 Å². The van der Waals surface area contributed by atoms with Crippen LogP contribution < -0.4 is 0 Å². The molecule has 0 N–H and O–H groups in total. The SMILES string of the molecule is CS(=O)(=O)N1CC(n2cc(-c3ccc(CN4Cc5ccccc5C4)cc3C#N)cn2)C1. The van der Waals surface area contributed by atoms with Crippen molar-refractivity contribution in [2.24, 2.45) is 0 Å². The first-order chi connectivity index (χ1) is 14.9. The van der Waals surface area contributed by atoms with E-state index in [9.17, 15) is 13.7 Å². The molecule has 0 aliphatic carbocycles. The minimum atomic E-state index is -3.15. The molecule has 2 aliphatic heterocycles. The van der Waals surface area contributed by atoms with Crippen LogP contribution in [0, 0.1) is 11.3 Å². The molecule has 0 saturated carbocycles. The van der Waals surface area contributed by atoms with Crippen LogP contribution in [0.2, 0.25) is 0 Å². The highest BCUT2D eigenvalue weighted by molar-refractivity contribution is 7.88. The Morgan fingerprint density at radius 3 is 2.48 bits per heavy atom. The molecule has 0 radical (unpaired) electrons. The van der Waals surface area contributed by atoms with Gasteiger partial charge in [0.05, 0.1) is 30.1 Å². The van der Waals surface area contributed by atoms with Crippen molar-refractivity contribution in [3.05, 3.63) is 77.1 Å². The van der Waals surface area contributed by atoms with Crippen molar-refractivity contribution in [2.45, 2.75) is 25.7 Å². The maximum Gasteiger partial charge on any atom is 0.211 e. The third-order valence-corrected chi connectivity index (χ3v) is 7.34. The van der Waals surface area contributed by atoms with Crippen molar-refractivity contribution in [1.29, 1.82) is 5.26 Å². The number of fused-ring (bicyclic) bond motifs is 1. The Bertz CT molecular complexity index is 1260. The van der Waals surface area contributed by atoms with Gasteiger partial charge in [-0.1, -0.05) is 36.4 Å². The van der Waals surface area contributed by atoms with Crippen molar-refractivity contribution in [3.8, 4) is 17.2 Å². The number of benzene rings is 2. The van der Waals surface area contributed by atoms with Crippen molar-refractivity contribution >= 4 is 10.0 Å². The fraction of sp³-hybridized carbons (Fsp3) is 0.304. The predicted molar refractivity (Wildman–Crippen MR) is 117 cm³/mol. The van der Waals surface area contributed by atoms with E-state index in [1.807, 2.05) is 18.3 Å². The minimum Gasteiger partial charge on any atom is -0.291 e. The second kappa shape index (κ2) is 7.61. The quantitative estimate of drug-likeness (QED) is 0.618. The molecule has 0 spiro atoms. The summed E-state index contributed by atoms with van der Waals surface area (Å²) in [7, 11) is -3.15. The zero-order valence-electron chi connectivity index (χ0n) is 17.3. The van der Waals surface area contributed by atoms with Crippen molar-refractivity contribution in [2.75, 3.05) is 19.3 Å². The maximum absolute atomic E-state index is 11.6. The Balaban J connectivity index is 1.30. The van der Waals surface area contributed by atoms with Gasteiger partial charge in [0.15, 0.2) is 0 Å². The third kappa shape index (κ3) is 3.88. The lowest BCUT2D eigenvalue weighted by atomic mass is 10.0. The normalized spacial score (nSPS) is 17.3. The molecule has 8 heteroatoms. The molecular weight excluding hydrogens is 410 g/mol. The van der Waals surface area contributed by atoms with E-state index in [-0.39, 0.29) is 6.04 Å². The number of aromatic nitrogens is 2. The summed E-state index contributed by atoms with van der Waals surface area (Å²) in [6.07, 6.45) is 4.87. The topological polar surface area (TPSA) is 82.2 Å². The molecule has 7 nitrogen and oxygen atoms in total. The number of nitriles is 1. The lowest BCUT2D eigenvalue weighted by Crippen LogP contribution is -2.50. The Labute approximate surface area is 182 Å². The zero-order chi connectivity index (χ0) is 21.6. The number of rotatable bonds is 5. The molecule has 158 valence electrons. The zero-order valence-corrected chi connectivity index (χ0v) is 18.1. The standard InChI is InChI=1S/C23H23N5O2S/c1-31(29,30)27-15-22(16-27)28-14-21(10-25-28)23-7-6-17(8-20(23)9-24)11-26-12-18-4-2-3-5-19(18)13-26/h2-8,10,14,22H,11-13,15-16H2,1H3. The van der Waals surface area contributed by atoms with E-state index in [0.29, 0.717) is 18.7 Å². The summed E-state index contributed by atoms with van der Waals surface area (Å²) in [4.78, 5) is 2.38. The first-order valence-corrected chi connectivity index (χ1v) is 12.1. The molecule has 3 aromatic rings. The molecule has 0 amide bonds. The lowest BCUT2D eigenvalue weighted by Gasteiger charge is -2.37. The van der Waals surface area contributed by atoms with Crippen LogP contribution in [-0.2, 0) is 29.7 Å². The van der Waals surface area contributed by atoms with Gasteiger partial charge in [0, 0.05) is 50.0 Å². The summed E-state index contributed by atoms with van der Waals surface area (Å²) in [5, 5.41) is 14.2. The first-order valence-electron chi connectivity index (χ1n) is 10.2. The van der Waals surface area contributed by atoms with E-state index in [2.05, 4.69) is 46.4 Å². The van der Waals surface area contributed by atoms with Crippen LogP contribution in [0.4, 0.5) is 0 Å². The van der Waals surface area contributed by atoms with E-state index < -0.39 is 10.0 Å². The van der Waals surface area contributed by atoms with Gasteiger partial charge in [-0.25, -0.2) is 8.42 Å². The van der Waals surface area contributed by atoms with Crippen LogP contribution in [0.15, 0.2) is 54.9 Å². The van der Waals surface area contributed by atoms with Crippen LogP contribution in [-0.4, -0.2) is 46.7 Å². The monoisotopic (exact) mass is 433 g/mol. The lowest BCUT2D eigenvalue weighted by molar-refractivity contribution is 0.192. The Hall–Kier alpha value is -2.99. The van der Waals surface area contributed by atoms with Crippen LogP contribution in [0.1, 0.15) is 28.3 Å². The minimum absolute atomic E-state index is 0.0325. The van der Waals surface area contributed by atoms with E-state index in [4.69, 9.17) is 0 Å². The summed E-state index contributed by atoms with van der Waals surface area (Å²) < 4.78 is 26.4. The van der Waals surface area contributed by atoms with Gasteiger partial charge in [-0.3, -0.25) is 9.58 Å². The summed E-state index contributed by atoms with van der Waals surface area (Å²) in [5.41, 5.74) is 6.20. The van der Waals surface area contributed by atoms with Gasteiger partial charge in [-0.15, -0.1) is 0 Å². The van der Waals surface area contributed by atoms with Gasteiger partial charge in [0.25, 0.3) is 0 Å². The van der Waals surface area contributed by atoms with Gasteiger partial charge in [0.2, 0.25) is 10.0 Å². The molecule has 1 aromatic heterocycles. The highest BCUT2D eigenvalue weighted by Crippen LogP contribution is 2.29. The van der Waals surface area contributed by atoms with Crippen molar-refractivity contribution in [3.63, 3.8) is 0 Å². The van der Waals surface area contributed by atoms with Crippen molar-refractivity contribution < 1.29 is 8.42 Å². The van der Waals surface area contributed by atoms with Gasteiger partial charge < -0.3 is 0 Å². The maximum atomic E-state index is 11.6. The second-order valence-electron chi connectivity index (χ2n) is 8.35. The highest BCUT2D eigenvalue weighted by Gasteiger charge is 2.34. The number of hydrogen-bond acceptors (Lipinski definition) is 5. The molecule has 31 heavy (non-hydrogen) atoms. The molecule has 3 heterocycles. The van der Waals surface area contributed by atoms with Crippen LogP contribution in [0.5, 0.6) is 0 Å². The second-order valence-corrected chi connectivity index (χ2v) is 10.3. The highest BCUT2D eigenvalue weighted by atomic mass is 32.2. The van der Waals surface area contributed by atoms with Crippen molar-refractivity contribution in [1.82, 2.24) is 19.0 Å². The summed E-state index contributed by atoms with van der Waals surface area (Å²) >= 11 is 0. The molecule has 1 saturated heterocycles. The van der Waals surface area contributed by atoms with Gasteiger partial charge >= 0.3 is 0 Å². The fourth-order valence-corrected chi connectivity index (χ4v) is 5.22. The van der Waals surface area contributed by atoms with Crippen LogP contribution in [0.3, 0.4) is 0 Å². The van der Waals surface area contributed by atoms with E-state index in [1.54, 1.807) is 10.9 Å². The largest absolute Gasteiger partial charge is 0.291 e. The van der Waals surface area contributed by atoms with Gasteiger partial charge in [-0.2, -0.15) is 14.7 Å². The predicted octanol–water partition coefficient (Wildman–Crippen LogP) is 2.75. The van der Waals surface area contributed by atoms with Crippen LogP contribution in [0.25, 0.3) is 11.1 Å². The summed E-state index contributed by atoms with van der Waals surface area (Å²) in [6.45, 7) is 3.52. The Kier molecular flexibility index (Phi) is 4.89. The molecular formula is C23H23N5O2S. The van der Waals surface area contributed by atoms with E-state index in [0.717, 1.165) is 36.3 Å². The summed E-state index contributed by atoms with van der Waals surface area (Å²) in [6, 6.07) is 16.9. The molecule has 1 fully saturated rings. The number of sulfonamides is 1. The van der Waals surface area contributed by atoms with E-state index in [1.165, 1.54) is 21.7 Å². The molecule has 5 rings (SSSR count). The Morgan fingerprint density at radius 2 is 1.84 bits per heavy atom.